The minimum atomic E-state index is -4.12. The van der Waals surface area contributed by atoms with Crippen molar-refractivity contribution in [1.29, 1.82) is 0 Å². The lowest BCUT2D eigenvalue weighted by Gasteiger charge is -2.06. The molecule has 0 saturated heterocycles. The van der Waals surface area contributed by atoms with Crippen LogP contribution in [0.2, 0.25) is 15.1 Å². The summed E-state index contributed by atoms with van der Waals surface area (Å²) in [6, 6.07) is 2.32. The zero-order valence-electron chi connectivity index (χ0n) is 9.98. The van der Waals surface area contributed by atoms with Crippen molar-refractivity contribution in [3.05, 3.63) is 50.5 Å². The summed E-state index contributed by atoms with van der Waals surface area (Å²) in [6.45, 7) is 0. The van der Waals surface area contributed by atoms with Crippen molar-refractivity contribution in [2.45, 2.75) is 4.90 Å². The highest BCUT2D eigenvalue weighted by molar-refractivity contribution is 7.90. The molecule has 0 amide bonds. The van der Waals surface area contributed by atoms with Gasteiger partial charge >= 0.3 is 0 Å². The lowest BCUT2D eigenvalue weighted by molar-refractivity contribution is -0.110. The average molecular weight is 385 g/mol. The fourth-order valence-electron chi connectivity index (χ4n) is 1.44. The summed E-state index contributed by atoms with van der Waals surface area (Å²) in [5, 5.41) is -0.0893. The van der Waals surface area contributed by atoms with E-state index in [-0.39, 0.29) is 30.7 Å². The number of hydrogen-bond acceptors (Lipinski definition) is 3. The number of hydrogen-bond donors (Lipinski definition) is 0. The Labute approximate surface area is 140 Å². The summed E-state index contributed by atoms with van der Waals surface area (Å²) in [7, 11) is -4.12. The molecule has 1 aromatic carbocycles. The van der Waals surface area contributed by atoms with Gasteiger partial charge in [0.1, 0.15) is 4.90 Å². The van der Waals surface area contributed by atoms with E-state index in [0.29, 0.717) is 0 Å². The molecule has 1 aliphatic carbocycles. The molecule has 0 aromatic heterocycles. The summed E-state index contributed by atoms with van der Waals surface area (Å²) in [5.74, 6) is -0.430. The largest absolute Gasteiger partial charge is 0.288 e. The SMILES string of the molecule is O=C1C=CC(=NS(=O)(=O)c2cc(Cl)c(Cl)cc2Cl)C=C1Cl. The van der Waals surface area contributed by atoms with Gasteiger partial charge in [0.05, 0.1) is 25.8 Å². The Morgan fingerprint density at radius 1 is 0.905 bits per heavy atom. The molecule has 2 rings (SSSR count). The van der Waals surface area contributed by atoms with E-state index in [4.69, 9.17) is 46.4 Å². The number of benzene rings is 1. The topological polar surface area (TPSA) is 63.6 Å². The summed E-state index contributed by atoms with van der Waals surface area (Å²) in [5.41, 5.74) is 0.00161. The van der Waals surface area contributed by atoms with Gasteiger partial charge in [-0.3, -0.25) is 4.79 Å². The smallest absolute Gasteiger partial charge is 0.284 e. The highest BCUT2D eigenvalue weighted by Gasteiger charge is 2.20. The van der Waals surface area contributed by atoms with Crippen LogP contribution in [0.15, 0.2) is 44.7 Å². The molecule has 0 heterocycles. The van der Waals surface area contributed by atoms with Crippen molar-refractivity contribution >= 4 is 67.9 Å². The van der Waals surface area contributed by atoms with Gasteiger partial charge in [-0.05, 0) is 30.4 Å². The van der Waals surface area contributed by atoms with E-state index in [1.165, 1.54) is 12.1 Å². The third-order valence-corrected chi connectivity index (χ3v) is 5.18. The van der Waals surface area contributed by atoms with E-state index in [0.717, 1.165) is 18.2 Å². The molecule has 0 radical (unpaired) electrons. The predicted octanol–water partition coefficient (Wildman–Crippen LogP) is 4.04. The summed E-state index contributed by atoms with van der Waals surface area (Å²) >= 11 is 23.0. The van der Waals surface area contributed by atoms with Crippen LogP contribution in [0.4, 0.5) is 0 Å². The molecule has 0 spiro atoms. The van der Waals surface area contributed by atoms with Gasteiger partial charge in [-0.1, -0.05) is 46.4 Å². The molecular weight excluding hydrogens is 380 g/mol. The Balaban J connectivity index is 2.52. The monoisotopic (exact) mass is 383 g/mol. The van der Waals surface area contributed by atoms with E-state index < -0.39 is 15.8 Å². The van der Waals surface area contributed by atoms with Crippen LogP contribution in [-0.2, 0) is 14.8 Å². The number of carbonyl (C=O) groups excluding carboxylic acids is 1. The number of halogens is 4. The Morgan fingerprint density at radius 2 is 1.52 bits per heavy atom. The van der Waals surface area contributed by atoms with Crippen molar-refractivity contribution < 1.29 is 13.2 Å². The van der Waals surface area contributed by atoms with Crippen molar-refractivity contribution in [1.82, 2.24) is 0 Å². The molecule has 9 heteroatoms. The normalized spacial score (nSPS) is 17.2. The molecule has 1 aliphatic rings. The Kier molecular flexibility index (Phi) is 4.80. The third-order valence-electron chi connectivity index (χ3n) is 2.39. The van der Waals surface area contributed by atoms with E-state index in [9.17, 15) is 13.2 Å². The van der Waals surface area contributed by atoms with Crippen molar-refractivity contribution in [2.24, 2.45) is 4.40 Å². The van der Waals surface area contributed by atoms with Crippen LogP contribution in [0.5, 0.6) is 0 Å². The van der Waals surface area contributed by atoms with Crippen LogP contribution in [0.25, 0.3) is 0 Å². The molecule has 21 heavy (non-hydrogen) atoms. The summed E-state index contributed by atoms with van der Waals surface area (Å²) in [6.07, 6.45) is 3.50. The first-order valence-corrected chi connectivity index (χ1v) is 8.25. The summed E-state index contributed by atoms with van der Waals surface area (Å²) in [4.78, 5) is 10.9. The van der Waals surface area contributed by atoms with Crippen molar-refractivity contribution in [3.63, 3.8) is 0 Å². The maximum Gasteiger partial charge on any atom is 0.284 e. The fraction of sp³-hybridized carbons (Fsp3) is 0. The zero-order valence-corrected chi connectivity index (χ0v) is 13.8. The molecule has 0 fully saturated rings. The Bertz CT molecular complexity index is 825. The lowest BCUT2D eigenvalue weighted by atomic mass is 10.2. The standard InChI is InChI=1S/C12H5Cl4NO3S/c13-7-4-10(16)12(5-8(7)14)21(19,20)17-6-1-2-11(18)9(15)3-6/h1-5H. The highest BCUT2D eigenvalue weighted by atomic mass is 35.5. The number of allylic oxidation sites excluding steroid dienone is 4. The molecule has 4 nitrogen and oxygen atoms in total. The second-order valence-corrected chi connectivity index (χ2v) is 7.08. The molecule has 0 aliphatic heterocycles. The van der Waals surface area contributed by atoms with Gasteiger partial charge in [0, 0.05) is 0 Å². The van der Waals surface area contributed by atoms with E-state index in [1.807, 2.05) is 0 Å². The van der Waals surface area contributed by atoms with Crippen molar-refractivity contribution in [2.75, 3.05) is 0 Å². The number of carbonyl (C=O) groups is 1. The molecule has 0 unspecified atom stereocenters. The van der Waals surface area contributed by atoms with Gasteiger partial charge in [0.2, 0.25) is 0 Å². The zero-order chi connectivity index (χ0) is 15.8. The predicted molar refractivity (Wildman–Crippen MR) is 84.2 cm³/mol. The van der Waals surface area contributed by atoms with Gasteiger partial charge in [0.25, 0.3) is 10.0 Å². The molecule has 0 N–H and O–H groups in total. The molecule has 1 aromatic rings. The Hall–Kier alpha value is -0.850. The van der Waals surface area contributed by atoms with E-state index in [1.54, 1.807) is 0 Å². The van der Waals surface area contributed by atoms with E-state index >= 15 is 0 Å². The van der Waals surface area contributed by atoms with Crippen LogP contribution >= 0.6 is 46.4 Å². The molecule has 0 bridgehead atoms. The first-order chi connectivity index (χ1) is 9.70. The van der Waals surface area contributed by atoms with Gasteiger partial charge in [0.15, 0.2) is 5.78 Å². The molecular formula is C12H5Cl4NO3S. The average Bonchev–Trinajstić information content (AvgIpc) is 2.37. The quantitative estimate of drug-likeness (QED) is 0.570. The van der Waals surface area contributed by atoms with E-state index in [2.05, 4.69) is 4.40 Å². The minimum Gasteiger partial charge on any atom is -0.288 e. The Morgan fingerprint density at radius 3 is 2.14 bits per heavy atom. The molecule has 0 atom stereocenters. The van der Waals surface area contributed by atoms with Gasteiger partial charge in [-0.15, -0.1) is 0 Å². The number of ketones is 1. The lowest BCUT2D eigenvalue weighted by Crippen LogP contribution is -2.07. The summed E-state index contributed by atoms with van der Waals surface area (Å²) < 4.78 is 28.0. The van der Waals surface area contributed by atoms with Crippen LogP contribution in [0, 0.1) is 0 Å². The van der Waals surface area contributed by atoms with Crippen LogP contribution < -0.4 is 0 Å². The van der Waals surface area contributed by atoms with Gasteiger partial charge in [-0.25, -0.2) is 0 Å². The van der Waals surface area contributed by atoms with Crippen LogP contribution in [-0.4, -0.2) is 19.9 Å². The number of rotatable bonds is 2. The maximum absolute atomic E-state index is 12.2. The number of sulfonamides is 1. The molecule has 0 saturated carbocycles. The maximum atomic E-state index is 12.2. The fourth-order valence-corrected chi connectivity index (χ4v) is 3.58. The second kappa shape index (κ2) is 6.10. The van der Waals surface area contributed by atoms with Crippen LogP contribution in [0.3, 0.4) is 0 Å². The van der Waals surface area contributed by atoms with Gasteiger partial charge < -0.3 is 0 Å². The van der Waals surface area contributed by atoms with Crippen molar-refractivity contribution in [3.8, 4) is 0 Å². The molecule has 110 valence electrons. The van der Waals surface area contributed by atoms with Gasteiger partial charge in [-0.2, -0.15) is 12.8 Å². The first kappa shape index (κ1) is 16.5. The van der Waals surface area contributed by atoms with Crippen LogP contribution in [0.1, 0.15) is 0 Å². The minimum absolute atomic E-state index is 0.00161. The third kappa shape index (κ3) is 3.67. The number of nitrogens with zero attached hydrogens (tertiary/aromatic N) is 1. The first-order valence-electron chi connectivity index (χ1n) is 5.30. The second-order valence-electron chi connectivity index (χ2n) is 3.88. The highest BCUT2D eigenvalue weighted by Crippen LogP contribution is 2.32.